The van der Waals surface area contributed by atoms with Crippen molar-refractivity contribution in [1.29, 1.82) is 0 Å². The van der Waals surface area contributed by atoms with Gasteiger partial charge >= 0.3 is 0 Å². The van der Waals surface area contributed by atoms with Crippen LogP contribution in [0.15, 0.2) is 79.0 Å². The average molecular weight is 741 g/mol. The number of imide groups is 1. The number of nitrogens with one attached hydrogen (secondary N) is 1. The quantitative estimate of drug-likeness (QED) is 0.245. The second kappa shape index (κ2) is 13.4. The molecule has 0 spiro atoms. The van der Waals surface area contributed by atoms with Gasteiger partial charge in [-0.3, -0.25) is 24.6 Å². The Hall–Kier alpha value is -5.89. The zero-order valence-corrected chi connectivity index (χ0v) is 30.4. The van der Waals surface area contributed by atoms with Gasteiger partial charge in [0.15, 0.2) is 5.65 Å². The predicted octanol–water partition coefficient (Wildman–Crippen LogP) is 4.04. The van der Waals surface area contributed by atoms with Crippen molar-refractivity contribution in [3.8, 4) is 11.4 Å². The number of imidazole rings is 1. The first-order valence-electron chi connectivity index (χ1n) is 19.2. The highest BCUT2D eigenvalue weighted by Crippen LogP contribution is 2.36. The summed E-state index contributed by atoms with van der Waals surface area (Å²) in [6.07, 6.45) is 4.40. The molecule has 2 atom stereocenters. The number of halogens is 1. The molecule has 3 aromatic heterocycles. The van der Waals surface area contributed by atoms with E-state index in [1.165, 1.54) is 6.07 Å². The Kier molecular flexibility index (Phi) is 8.23. The van der Waals surface area contributed by atoms with E-state index < -0.39 is 6.04 Å². The van der Waals surface area contributed by atoms with E-state index in [0.717, 1.165) is 104 Å². The summed E-state index contributed by atoms with van der Waals surface area (Å²) in [5.74, 6) is 0.732. The summed E-state index contributed by atoms with van der Waals surface area (Å²) in [5, 5.41) is 7.41. The van der Waals surface area contributed by atoms with Gasteiger partial charge in [0.05, 0.1) is 17.9 Å². The Morgan fingerprint density at radius 3 is 2.47 bits per heavy atom. The Bertz CT molecular complexity index is 2330. The lowest BCUT2D eigenvalue weighted by Crippen LogP contribution is -2.63. The van der Waals surface area contributed by atoms with E-state index in [2.05, 4.69) is 42.0 Å². The molecule has 3 amide bonds. The van der Waals surface area contributed by atoms with Gasteiger partial charge in [0.25, 0.3) is 5.91 Å². The van der Waals surface area contributed by atoms with Crippen LogP contribution in [0.4, 0.5) is 21.7 Å². The standard InChI is InChI=1S/C41H41FN10O3/c42-28-5-1-4-26(20-28)33-7-3-15-50(33)38-13-12-36-43-22-35(52(36)46-38)32-6-2-8-37(44-32)48-18-16-47(17-19-48)30-24-49(25-30)29-10-9-27-23-51(41(55)31(27)21-29)34-11-14-39(53)45-40(34)54/h1-2,4-6,8-10,12-13,20-22,30,33-34H,3,7,11,14-19,23-25H2,(H,45,53,54). The Balaban J connectivity index is 0.775. The average Bonchev–Trinajstić information content (AvgIpc) is 3.92. The highest BCUT2D eigenvalue weighted by molar-refractivity contribution is 6.05. The van der Waals surface area contributed by atoms with Crippen LogP contribution in [0.5, 0.6) is 0 Å². The number of nitrogens with zero attached hydrogens (tertiary/aromatic N) is 9. The van der Waals surface area contributed by atoms with Crippen LogP contribution in [0.2, 0.25) is 0 Å². The molecule has 4 fully saturated rings. The molecule has 1 N–H and O–H groups in total. The van der Waals surface area contributed by atoms with E-state index in [1.807, 2.05) is 53.2 Å². The van der Waals surface area contributed by atoms with Crippen LogP contribution < -0.4 is 20.0 Å². The minimum atomic E-state index is -0.606. The van der Waals surface area contributed by atoms with Crippen LogP contribution in [0, 0.1) is 5.82 Å². The maximum Gasteiger partial charge on any atom is 0.255 e. The first kappa shape index (κ1) is 33.7. The van der Waals surface area contributed by atoms with Crippen molar-refractivity contribution in [3.63, 3.8) is 0 Å². The normalized spacial score (nSPS) is 22.1. The van der Waals surface area contributed by atoms with Crippen molar-refractivity contribution in [3.05, 3.63) is 102 Å². The number of benzene rings is 2. The number of carbonyl (C=O) groups excluding carboxylic acids is 3. The first-order valence-corrected chi connectivity index (χ1v) is 19.2. The van der Waals surface area contributed by atoms with Crippen LogP contribution in [0.1, 0.15) is 53.2 Å². The molecule has 280 valence electrons. The van der Waals surface area contributed by atoms with E-state index in [0.29, 0.717) is 24.6 Å². The second-order valence-electron chi connectivity index (χ2n) is 15.2. The molecule has 2 aromatic carbocycles. The van der Waals surface area contributed by atoms with Gasteiger partial charge in [-0.15, -0.1) is 5.10 Å². The lowest BCUT2D eigenvalue weighted by molar-refractivity contribution is -0.136. The third-order valence-corrected chi connectivity index (χ3v) is 12.0. The molecule has 8 heterocycles. The minimum Gasteiger partial charge on any atom is -0.368 e. The summed E-state index contributed by atoms with van der Waals surface area (Å²) < 4.78 is 16.0. The van der Waals surface area contributed by atoms with E-state index in [4.69, 9.17) is 10.1 Å². The molecule has 0 saturated carbocycles. The van der Waals surface area contributed by atoms with Gasteiger partial charge in [-0.25, -0.2) is 18.9 Å². The fourth-order valence-electron chi connectivity index (χ4n) is 8.99. The molecule has 5 aromatic rings. The van der Waals surface area contributed by atoms with Crippen molar-refractivity contribution in [1.82, 2.24) is 34.7 Å². The lowest BCUT2D eigenvalue weighted by atomic mass is 10.0. The molecule has 2 unspecified atom stereocenters. The number of hydrogen-bond acceptors (Lipinski definition) is 10. The van der Waals surface area contributed by atoms with Gasteiger partial charge in [-0.05, 0) is 78.9 Å². The van der Waals surface area contributed by atoms with Crippen molar-refractivity contribution >= 4 is 40.7 Å². The van der Waals surface area contributed by atoms with Crippen molar-refractivity contribution < 1.29 is 18.8 Å². The fourth-order valence-corrected chi connectivity index (χ4v) is 8.99. The number of amides is 3. The number of piperazine rings is 1. The van der Waals surface area contributed by atoms with Crippen LogP contribution >= 0.6 is 0 Å². The molecule has 13 nitrogen and oxygen atoms in total. The highest BCUT2D eigenvalue weighted by Gasteiger charge is 2.40. The molecule has 5 aliphatic rings. The van der Waals surface area contributed by atoms with Gasteiger partial charge < -0.3 is 19.6 Å². The topological polar surface area (TPSA) is 123 Å². The van der Waals surface area contributed by atoms with E-state index in [9.17, 15) is 18.8 Å². The molecule has 0 aliphatic carbocycles. The van der Waals surface area contributed by atoms with Gasteiger partial charge in [0, 0.05) is 76.1 Å². The molecule has 4 saturated heterocycles. The number of carbonyl (C=O) groups is 3. The largest absolute Gasteiger partial charge is 0.368 e. The molecule has 5 aliphatic heterocycles. The maximum absolute atomic E-state index is 14.1. The fraction of sp³-hybridized carbons (Fsp3) is 0.366. The monoisotopic (exact) mass is 740 g/mol. The number of fused-ring (bicyclic) bond motifs is 2. The van der Waals surface area contributed by atoms with Crippen molar-refractivity contribution in [2.75, 3.05) is 60.5 Å². The summed E-state index contributed by atoms with van der Waals surface area (Å²) >= 11 is 0. The smallest absolute Gasteiger partial charge is 0.255 e. The van der Waals surface area contributed by atoms with E-state index in [1.54, 1.807) is 17.0 Å². The van der Waals surface area contributed by atoms with Crippen molar-refractivity contribution in [2.24, 2.45) is 0 Å². The summed E-state index contributed by atoms with van der Waals surface area (Å²) in [5.41, 5.74) is 5.94. The van der Waals surface area contributed by atoms with E-state index in [-0.39, 0.29) is 36.0 Å². The van der Waals surface area contributed by atoms with Gasteiger partial charge in [-0.2, -0.15) is 0 Å². The molecule has 55 heavy (non-hydrogen) atoms. The Labute approximate surface area is 317 Å². The Morgan fingerprint density at radius 2 is 1.64 bits per heavy atom. The number of aromatic nitrogens is 4. The molecule has 0 bridgehead atoms. The lowest BCUT2D eigenvalue weighted by Gasteiger charge is -2.49. The third-order valence-electron chi connectivity index (χ3n) is 12.0. The molecule has 0 radical (unpaired) electrons. The molecule has 10 rings (SSSR count). The van der Waals surface area contributed by atoms with Gasteiger partial charge in [-0.1, -0.05) is 24.3 Å². The van der Waals surface area contributed by atoms with Crippen molar-refractivity contribution in [2.45, 2.75) is 50.4 Å². The maximum atomic E-state index is 14.1. The SMILES string of the molecule is O=C1CCC(N2Cc3ccc(N4CC(N5CCN(c6cccc(-c7cnc8ccc(N9CCCC9c9cccc(F)c9)nn78)n6)CC5)C4)cc3C2=O)C(=O)N1. The molecular weight excluding hydrogens is 700 g/mol. The van der Waals surface area contributed by atoms with E-state index >= 15 is 0 Å². The number of anilines is 3. The summed E-state index contributed by atoms with van der Waals surface area (Å²) in [6, 6.07) is 22.9. The highest BCUT2D eigenvalue weighted by atomic mass is 19.1. The summed E-state index contributed by atoms with van der Waals surface area (Å²) in [7, 11) is 0. The number of hydrogen-bond donors (Lipinski definition) is 1. The van der Waals surface area contributed by atoms with Crippen LogP contribution in [0.3, 0.4) is 0 Å². The Morgan fingerprint density at radius 1 is 0.782 bits per heavy atom. The van der Waals surface area contributed by atoms with Gasteiger partial charge in [0.1, 0.15) is 29.2 Å². The zero-order chi connectivity index (χ0) is 37.2. The number of piperidine rings is 1. The number of rotatable bonds is 7. The summed E-state index contributed by atoms with van der Waals surface area (Å²) in [6.45, 7) is 6.60. The third kappa shape index (κ3) is 6.04. The first-order chi connectivity index (χ1) is 26.9. The predicted molar refractivity (Wildman–Crippen MR) is 204 cm³/mol. The minimum absolute atomic E-state index is 0.0698. The van der Waals surface area contributed by atoms with Gasteiger partial charge in [0.2, 0.25) is 11.8 Å². The van der Waals surface area contributed by atoms with Crippen LogP contribution in [-0.4, -0.2) is 105 Å². The summed E-state index contributed by atoms with van der Waals surface area (Å²) in [4.78, 5) is 58.2. The number of pyridine rings is 1. The zero-order valence-electron chi connectivity index (χ0n) is 30.4. The second-order valence-corrected chi connectivity index (χ2v) is 15.2. The molecular formula is C41H41FN10O3. The van der Waals surface area contributed by atoms with Crippen LogP contribution in [0.25, 0.3) is 17.0 Å². The van der Waals surface area contributed by atoms with Crippen LogP contribution in [-0.2, 0) is 16.1 Å². The molecule has 14 heteroatoms.